The summed E-state index contributed by atoms with van der Waals surface area (Å²) in [5.74, 6) is 0.249. The Morgan fingerprint density at radius 1 is 1.42 bits per heavy atom. The summed E-state index contributed by atoms with van der Waals surface area (Å²) in [6, 6.07) is 2.69. The molecule has 66 valence electrons. The number of methoxy groups -OCH3 is 1. The molecule has 1 aromatic heterocycles. The Kier molecular flexibility index (Phi) is 2.63. The van der Waals surface area contributed by atoms with Gasteiger partial charge < -0.3 is 4.74 Å². The lowest BCUT2D eigenvalue weighted by atomic mass is 10.1. The third-order valence-electron chi connectivity index (χ3n) is 1.59. The van der Waals surface area contributed by atoms with E-state index < -0.39 is 0 Å². The van der Waals surface area contributed by atoms with Gasteiger partial charge in [-0.25, -0.2) is 9.37 Å². The lowest BCUT2D eigenvalue weighted by molar-refractivity contribution is 0.391. The highest BCUT2D eigenvalue weighted by Crippen LogP contribution is 2.17. The third-order valence-corrected chi connectivity index (χ3v) is 1.59. The molecule has 12 heavy (non-hydrogen) atoms. The first-order chi connectivity index (χ1) is 5.63. The Labute approximate surface area is 71.4 Å². The van der Waals surface area contributed by atoms with Crippen molar-refractivity contribution < 1.29 is 9.13 Å². The lowest BCUT2D eigenvalue weighted by Crippen LogP contribution is -1.97. The molecule has 0 aliphatic rings. The van der Waals surface area contributed by atoms with Crippen LogP contribution >= 0.6 is 0 Å². The second-order valence-electron chi connectivity index (χ2n) is 2.91. The monoisotopic (exact) mass is 169 g/mol. The summed E-state index contributed by atoms with van der Waals surface area (Å²) < 4.78 is 17.7. The summed E-state index contributed by atoms with van der Waals surface area (Å²) in [5.41, 5.74) is 0.715. The van der Waals surface area contributed by atoms with Crippen molar-refractivity contribution in [3.8, 4) is 5.88 Å². The molecule has 0 radical (unpaired) electrons. The van der Waals surface area contributed by atoms with E-state index in [9.17, 15) is 4.39 Å². The number of nitrogens with zero attached hydrogens (tertiary/aromatic N) is 1. The van der Waals surface area contributed by atoms with Crippen LogP contribution in [0, 0.1) is 5.82 Å². The molecule has 0 spiro atoms. The van der Waals surface area contributed by atoms with Gasteiger partial charge in [0, 0.05) is 11.8 Å². The molecule has 0 saturated heterocycles. The van der Waals surface area contributed by atoms with Gasteiger partial charge >= 0.3 is 0 Å². The van der Waals surface area contributed by atoms with Crippen molar-refractivity contribution in [1.29, 1.82) is 0 Å². The van der Waals surface area contributed by atoms with Crippen LogP contribution in [-0.2, 0) is 0 Å². The van der Waals surface area contributed by atoms with E-state index in [1.165, 1.54) is 19.2 Å². The first-order valence-electron chi connectivity index (χ1n) is 3.85. The number of pyridine rings is 1. The Hall–Kier alpha value is -1.12. The van der Waals surface area contributed by atoms with Crippen LogP contribution in [0.15, 0.2) is 12.1 Å². The predicted octanol–water partition coefficient (Wildman–Crippen LogP) is 2.35. The number of aromatic nitrogens is 1. The summed E-state index contributed by atoms with van der Waals surface area (Å²) in [6.45, 7) is 3.92. The second kappa shape index (κ2) is 3.52. The maximum absolute atomic E-state index is 12.9. The van der Waals surface area contributed by atoms with Gasteiger partial charge in [0.25, 0.3) is 0 Å². The summed E-state index contributed by atoms with van der Waals surface area (Å²) in [6.07, 6.45) is 0. The molecule has 0 bridgehead atoms. The summed E-state index contributed by atoms with van der Waals surface area (Å²) >= 11 is 0. The van der Waals surface area contributed by atoms with Crippen molar-refractivity contribution in [2.75, 3.05) is 7.11 Å². The lowest BCUT2D eigenvalue weighted by Gasteiger charge is -2.06. The number of hydrogen-bond acceptors (Lipinski definition) is 2. The van der Waals surface area contributed by atoms with Crippen LogP contribution < -0.4 is 4.74 Å². The third kappa shape index (κ3) is 1.94. The maximum atomic E-state index is 12.9. The topological polar surface area (TPSA) is 22.1 Å². The maximum Gasteiger partial charge on any atom is 0.216 e. The molecule has 0 N–H and O–H groups in total. The van der Waals surface area contributed by atoms with E-state index in [4.69, 9.17) is 4.74 Å². The Bertz CT molecular complexity index is 273. The highest BCUT2D eigenvalue weighted by molar-refractivity contribution is 5.19. The number of hydrogen-bond donors (Lipinski definition) is 0. The molecule has 0 aliphatic carbocycles. The number of ether oxygens (including phenoxy) is 1. The van der Waals surface area contributed by atoms with Crippen molar-refractivity contribution in [2.24, 2.45) is 0 Å². The van der Waals surface area contributed by atoms with Gasteiger partial charge in [0.1, 0.15) is 5.82 Å². The van der Waals surface area contributed by atoms with E-state index >= 15 is 0 Å². The van der Waals surface area contributed by atoms with Crippen LogP contribution in [-0.4, -0.2) is 12.1 Å². The molecule has 1 rings (SSSR count). The molecule has 0 amide bonds. The van der Waals surface area contributed by atoms with E-state index in [2.05, 4.69) is 4.98 Å². The van der Waals surface area contributed by atoms with Crippen LogP contribution in [0.1, 0.15) is 25.5 Å². The van der Waals surface area contributed by atoms with Crippen LogP contribution in [0.5, 0.6) is 5.88 Å². The average Bonchev–Trinajstić information content (AvgIpc) is 2.03. The largest absolute Gasteiger partial charge is 0.481 e. The number of rotatable bonds is 2. The van der Waals surface area contributed by atoms with E-state index in [0.717, 1.165) is 0 Å². The van der Waals surface area contributed by atoms with Gasteiger partial charge in [0.15, 0.2) is 0 Å². The highest BCUT2D eigenvalue weighted by Gasteiger charge is 2.05. The molecule has 1 aromatic rings. The fourth-order valence-electron chi connectivity index (χ4n) is 0.893. The fraction of sp³-hybridized carbons (Fsp3) is 0.444. The molecule has 0 atom stereocenters. The molecule has 0 aliphatic heterocycles. The van der Waals surface area contributed by atoms with Crippen molar-refractivity contribution in [1.82, 2.24) is 4.98 Å². The van der Waals surface area contributed by atoms with Gasteiger partial charge in [-0.3, -0.25) is 0 Å². The SMILES string of the molecule is COc1cc(F)cc(C(C)C)n1. The zero-order valence-electron chi connectivity index (χ0n) is 7.47. The van der Waals surface area contributed by atoms with E-state index in [1.807, 2.05) is 13.8 Å². The summed E-state index contributed by atoms with van der Waals surface area (Å²) in [7, 11) is 1.48. The van der Waals surface area contributed by atoms with Crippen LogP contribution in [0.25, 0.3) is 0 Å². The van der Waals surface area contributed by atoms with Crippen molar-refractivity contribution in [3.63, 3.8) is 0 Å². The standard InChI is InChI=1S/C9H12FNO/c1-6(2)8-4-7(10)5-9(11-8)12-3/h4-6H,1-3H3. The van der Waals surface area contributed by atoms with Gasteiger partial charge in [-0.05, 0) is 12.0 Å². The Morgan fingerprint density at radius 3 is 2.58 bits per heavy atom. The molecular formula is C9H12FNO. The van der Waals surface area contributed by atoms with Crippen molar-refractivity contribution in [3.05, 3.63) is 23.6 Å². The van der Waals surface area contributed by atoms with Crippen LogP contribution in [0.4, 0.5) is 4.39 Å². The first kappa shape index (κ1) is 8.97. The molecule has 0 saturated carbocycles. The first-order valence-corrected chi connectivity index (χ1v) is 3.85. The van der Waals surface area contributed by atoms with Gasteiger partial charge in [0.05, 0.1) is 7.11 Å². The average molecular weight is 169 g/mol. The smallest absolute Gasteiger partial charge is 0.216 e. The van der Waals surface area contributed by atoms with E-state index in [1.54, 1.807) is 0 Å². The summed E-state index contributed by atoms with van der Waals surface area (Å²) in [4.78, 5) is 4.09. The predicted molar refractivity (Wildman–Crippen MR) is 44.8 cm³/mol. The van der Waals surface area contributed by atoms with Gasteiger partial charge in [-0.15, -0.1) is 0 Å². The molecular weight excluding hydrogens is 157 g/mol. The van der Waals surface area contributed by atoms with Crippen LogP contribution in [0.3, 0.4) is 0 Å². The fourth-order valence-corrected chi connectivity index (χ4v) is 0.893. The van der Waals surface area contributed by atoms with Crippen molar-refractivity contribution >= 4 is 0 Å². The van der Waals surface area contributed by atoms with Gasteiger partial charge in [-0.2, -0.15) is 0 Å². The zero-order valence-corrected chi connectivity index (χ0v) is 7.47. The molecule has 0 aromatic carbocycles. The van der Waals surface area contributed by atoms with E-state index in [-0.39, 0.29) is 11.7 Å². The highest BCUT2D eigenvalue weighted by atomic mass is 19.1. The molecule has 3 heteroatoms. The Morgan fingerprint density at radius 2 is 2.08 bits per heavy atom. The molecule has 2 nitrogen and oxygen atoms in total. The molecule has 0 unspecified atom stereocenters. The second-order valence-corrected chi connectivity index (χ2v) is 2.91. The number of halogens is 1. The van der Waals surface area contributed by atoms with Crippen LogP contribution in [0.2, 0.25) is 0 Å². The molecule has 0 fully saturated rings. The zero-order chi connectivity index (χ0) is 9.14. The molecule has 1 heterocycles. The minimum absolute atomic E-state index is 0.217. The van der Waals surface area contributed by atoms with Gasteiger partial charge in [-0.1, -0.05) is 13.8 Å². The van der Waals surface area contributed by atoms with E-state index in [0.29, 0.717) is 11.6 Å². The quantitative estimate of drug-likeness (QED) is 0.678. The van der Waals surface area contributed by atoms with Crippen molar-refractivity contribution in [2.45, 2.75) is 19.8 Å². The van der Waals surface area contributed by atoms with Gasteiger partial charge in [0.2, 0.25) is 5.88 Å². The normalized spacial score (nSPS) is 10.4. The minimum atomic E-state index is -0.300. The minimum Gasteiger partial charge on any atom is -0.481 e. The summed E-state index contributed by atoms with van der Waals surface area (Å²) in [5, 5.41) is 0. The Balaban J connectivity index is 3.06.